The van der Waals surface area contributed by atoms with Gasteiger partial charge in [-0.2, -0.15) is 0 Å². The molecule has 1 N–H and O–H groups in total. The number of ketones is 1. The summed E-state index contributed by atoms with van der Waals surface area (Å²) < 4.78 is 0. The minimum absolute atomic E-state index is 0.201. The number of aliphatic hydroxyl groups is 1. The first-order chi connectivity index (χ1) is 5.02. The van der Waals surface area contributed by atoms with Gasteiger partial charge in [0.15, 0.2) is 0 Å². The van der Waals surface area contributed by atoms with E-state index in [1.807, 2.05) is 0 Å². The summed E-state index contributed by atoms with van der Waals surface area (Å²) in [7, 11) is 0. The summed E-state index contributed by atoms with van der Waals surface area (Å²) in [6.45, 7) is 6.50. The predicted molar refractivity (Wildman–Crippen MR) is 45.4 cm³/mol. The summed E-state index contributed by atoms with van der Waals surface area (Å²) in [5.41, 5.74) is 0. The van der Waals surface area contributed by atoms with Crippen LogP contribution in [0.25, 0.3) is 0 Å². The Kier molecular flexibility index (Phi) is 5.12. The molecule has 11 heavy (non-hydrogen) atoms. The highest BCUT2D eigenvalue weighted by Gasteiger charge is 2.18. The number of hydrogen-bond acceptors (Lipinski definition) is 2. The van der Waals surface area contributed by atoms with Gasteiger partial charge in [-0.1, -0.05) is 20.8 Å². The molecule has 0 saturated heterocycles. The van der Waals surface area contributed by atoms with Crippen LogP contribution in [-0.4, -0.2) is 17.0 Å². The first-order valence-corrected chi connectivity index (χ1v) is 4.22. The van der Waals surface area contributed by atoms with Crippen LogP contribution in [0.1, 0.15) is 40.0 Å². The van der Waals surface area contributed by atoms with E-state index in [0.717, 1.165) is 5.92 Å². The molecule has 1 aliphatic rings. The molecule has 2 heteroatoms. The number of hydrogen-bond donors (Lipinski definition) is 1. The molecule has 66 valence electrons. The Bertz CT molecular complexity index is 116. The van der Waals surface area contributed by atoms with Crippen molar-refractivity contribution in [2.75, 3.05) is 0 Å². The fourth-order valence-electron chi connectivity index (χ4n) is 0.795. The summed E-state index contributed by atoms with van der Waals surface area (Å²) in [4.78, 5) is 10.3. The van der Waals surface area contributed by atoms with Crippen molar-refractivity contribution < 1.29 is 9.90 Å². The maximum Gasteiger partial charge on any atom is 0.135 e. The first-order valence-electron chi connectivity index (χ1n) is 4.22. The molecule has 1 fully saturated rings. The van der Waals surface area contributed by atoms with Crippen molar-refractivity contribution in [2.45, 2.75) is 46.1 Å². The fourth-order valence-corrected chi connectivity index (χ4v) is 0.795. The monoisotopic (exact) mass is 158 g/mol. The molecule has 0 amide bonds. The first kappa shape index (κ1) is 10.6. The molecule has 0 bridgehead atoms. The van der Waals surface area contributed by atoms with Crippen molar-refractivity contribution in [1.29, 1.82) is 0 Å². The number of aliphatic hydroxyl groups excluding tert-OH is 1. The number of carbonyl (C=O) groups is 1. The maximum absolute atomic E-state index is 10.3. The Labute approximate surface area is 68.6 Å². The second-order valence-corrected chi connectivity index (χ2v) is 3.67. The lowest BCUT2D eigenvalue weighted by molar-refractivity contribution is -0.117. The predicted octanol–water partition coefficient (Wildman–Crippen LogP) is 1.76. The van der Waals surface area contributed by atoms with Crippen LogP contribution < -0.4 is 0 Å². The van der Waals surface area contributed by atoms with E-state index in [1.165, 1.54) is 0 Å². The van der Waals surface area contributed by atoms with Gasteiger partial charge in [-0.05, 0) is 12.3 Å². The van der Waals surface area contributed by atoms with Crippen LogP contribution >= 0.6 is 0 Å². The molecule has 0 radical (unpaired) electrons. The standard InChI is InChI=1S/C5H8O2.C4H10/c6-4-1-2-5(7)3-4;1-4(2)3/h4,6H,1-3H2;4H,1-3H3. The lowest BCUT2D eigenvalue weighted by Crippen LogP contribution is -1.98. The van der Waals surface area contributed by atoms with Crippen molar-refractivity contribution in [3.8, 4) is 0 Å². The Morgan fingerprint density at radius 3 is 2.00 bits per heavy atom. The molecule has 0 aliphatic heterocycles. The van der Waals surface area contributed by atoms with Gasteiger partial charge in [-0.15, -0.1) is 0 Å². The van der Waals surface area contributed by atoms with Gasteiger partial charge >= 0.3 is 0 Å². The van der Waals surface area contributed by atoms with Gasteiger partial charge in [0.05, 0.1) is 6.10 Å². The van der Waals surface area contributed by atoms with Crippen molar-refractivity contribution in [1.82, 2.24) is 0 Å². The molecule has 1 rings (SSSR count). The smallest absolute Gasteiger partial charge is 0.135 e. The van der Waals surface area contributed by atoms with E-state index in [2.05, 4.69) is 20.8 Å². The van der Waals surface area contributed by atoms with E-state index >= 15 is 0 Å². The zero-order valence-electron chi connectivity index (χ0n) is 7.63. The van der Waals surface area contributed by atoms with E-state index in [0.29, 0.717) is 19.3 Å². The van der Waals surface area contributed by atoms with Crippen molar-refractivity contribution in [2.24, 2.45) is 5.92 Å². The highest BCUT2D eigenvalue weighted by molar-refractivity contribution is 5.80. The third-order valence-corrected chi connectivity index (χ3v) is 1.22. The van der Waals surface area contributed by atoms with Crippen LogP contribution in [0.5, 0.6) is 0 Å². The van der Waals surface area contributed by atoms with E-state index in [1.54, 1.807) is 0 Å². The van der Waals surface area contributed by atoms with Crippen LogP contribution in [0.4, 0.5) is 0 Å². The largest absolute Gasteiger partial charge is 0.393 e. The van der Waals surface area contributed by atoms with Crippen molar-refractivity contribution in [3.05, 3.63) is 0 Å². The van der Waals surface area contributed by atoms with E-state index in [9.17, 15) is 4.79 Å². The van der Waals surface area contributed by atoms with Gasteiger partial charge in [0.25, 0.3) is 0 Å². The number of Topliss-reactive ketones (excluding diaryl/α,β-unsaturated/α-hetero) is 1. The van der Waals surface area contributed by atoms with Crippen LogP contribution in [0, 0.1) is 5.92 Å². The van der Waals surface area contributed by atoms with Crippen LogP contribution in [0.3, 0.4) is 0 Å². The summed E-state index contributed by atoms with van der Waals surface area (Å²) in [6.07, 6.45) is 1.33. The zero-order valence-corrected chi connectivity index (χ0v) is 7.63. The third-order valence-electron chi connectivity index (χ3n) is 1.22. The maximum atomic E-state index is 10.3. The zero-order chi connectivity index (χ0) is 8.85. The van der Waals surface area contributed by atoms with Gasteiger partial charge in [0, 0.05) is 12.8 Å². The van der Waals surface area contributed by atoms with Gasteiger partial charge in [0.1, 0.15) is 5.78 Å². The molecule has 0 heterocycles. The average Bonchev–Trinajstić information content (AvgIpc) is 2.13. The van der Waals surface area contributed by atoms with Crippen molar-refractivity contribution in [3.63, 3.8) is 0 Å². The Balaban J connectivity index is 0.000000218. The fraction of sp³-hybridized carbons (Fsp3) is 0.889. The Morgan fingerprint density at radius 1 is 1.45 bits per heavy atom. The van der Waals surface area contributed by atoms with Gasteiger partial charge < -0.3 is 5.11 Å². The molecule has 0 aromatic carbocycles. The Hall–Kier alpha value is -0.370. The van der Waals surface area contributed by atoms with Crippen LogP contribution in [0.2, 0.25) is 0 Å². The highest BCUT2D eigenvalue weighted by atomic mass is 16.3. The lowest BCUT2D eigenvalue weighted by atomic mass is 10.3. The second kappa shape index (κ2) is 5.30. The molecular weight excluding hydrogens is 140 g/mol. The average molecular weight is 158 g/mol. The van der Waals surface area contributed by atoms with E-state index in [4.69, 9.17) is 5.11 Å². The SMILES string of the molecule is CC(C)C.O=C1CCC(O)C1. The molecular formula is C9H18O2. The molecule has 1 aliphatic carbocycles. The normalized spacial score (nSPS) is 23.4. The molecule has 0 aromatic heterocycles. The van der Waals surface area contributed by atoms with E-state index < -0.39 is 0 Å². The molecule has 1 atom stereocenters. The van der Waals surface area contributed by atoms with E-state index in [-0.39, 0.29) is 11.9 Å². The summed E-state index contributed by atoms with van der Waals surface area (Å²) in [6, 6.07) is 0. The molecule has 2 nitrogen and oxygen atoms in total. The second-order valence-electron chi connectivity index (χ2n) is 3.67. The quantitative estimate of drug-likeness (QED) is 0.583. The third kappa shape index (κ3) is 7.53. The molecule has 0 aromatic rings. The minimum Gasteiger partial charge on any atom is -0.393 e. The summed E-state index contributed by atoms with van der Waals surface area (Å²) in [5.74, 6) is 1.03. The number of carbonyl (C=O) groups excluding carboxylic acids is 1. The van der Waals surface area contributed by atoms with Gasteiger partial charge in [0.2, 0.25) is 0 Å². The van der Waals surface area contributed by atoms with Gasteiger partial charge in [-0.3, -0.25) is 4.79 Å². The minimum atomic E-state index is -0.326. The van der Waals surface area contributed by atoms with Crippen LogP contribution in [-0.2, 0) is 4.79 Å². The summed E-state index contributed by atoms with van der Waals surface area (Å²) >= 11 is 0. The van der Waals surface area contributed by atoms with Gasteiger partial charge in [-0.25, -0.2) is 0 Å². The summed E-state index contributed by atoms with van der Waals surface area (Å²) in [5, 5.41) is 8.68. The van der Waals surface area contributed by atoms with Crippen LogP contribution in [0.15, 0.2) is 0 Å². The topological polar surface area (TPSA) is 37.3 Å². The highest BCUT2D eigenvalue weighted by Crippen LogP contribution is 2.12. The Morgan fingerprint density at radius 2 is 1.91 bits per heavy atom. The molecule has 0 spiro atoms. The number of rotatable bonds is 0. The van der Waals surface area contributed by atoms with Crippen molar-refractivity contribution >= 4 is 5.78 Å². The lowest BCUT2D eigenvalue weighted by Gasteiger charge is -1.90. The molecule has 1 unspecified atom stereocenters. The molecule has 1 saturated carbocycles.